The normalized spacial score (nSPS) is 25.0. The van der Waals surface area contributed by atoms with Crippen LogP contribution in [0.1, 0.15) is 40.2 Å². The summed E-state index contributed by atoms with van der Waals surface area (Å²) in [5, 5.41) is 14.7. The molecule has 0 amide bonds. The Bertz CT molecular complexity index is 820. The van der Waals surface area contributed by atoms with Gasteiger partial charge in [-0.25, -0.2) is 4.79 Å². The van der Waals surface area contributed by atoms with Crippen molar-refractivity contribution in [2.75, 3.05) is 20.3 Å². The van der Waals surface area contributed by atoms with Crippen LogP contribution < -0.4 is 4.74 Å². The molecule has 0 aromatic heterocycles. The number of esters is 1. The first-order chi connectivity index (χ1) is 16.0. The van der Waals surface area contributed by atoms with E-state index in [1.807, 2.05) is 24.3 Å². The number of rotatable bonds is 11. The van der Waals surface area contributed by atoms with Crippen molar-refractivity contribution in [2.24, 2.45) is 5.11 Å². The minimum Gasteiger partial charge on any atom is -0.497 e. The number of nitrogens with zero attached hydrogens (tertiary/aromatic N) is 3. The number of azide groups is 1. The second-order valence-corrected chi connectivity index (χ2v) is 9.14. The maximum absolute atomic E-state index is 12.2. The van der Waals surface area contributed by atoms with Crippen LogP contribution in [0.3, 0.4) is 0 Å². The molecule has 11 heteroatoms. The summed E-state index contributed by atoms with van der Waals surface area (Å²) in [6.07, 6.45) is -4.44. The molecule has 5 atom stereocenters. The minimum absolute atomic E-state index is 0.0143. The van der Waals surface area contributed by atoms with Crippen LogP contribution in [0.15, 0.2) is 29.4 Å². The fourth-order valence-electron chi connectivity index (χ4n) is 3.35. The Labute approximate surface area is 199 Å². The molecule has 0 bridgehead atoms. The summed E-state index contributed by atoms with van der Waals surface area (Å²) in [6, 6.07) is 6.35. The van der Waals surface area contributed by atoms with Gasteiger partial charge in [0.15, 0.2) is 6.29 Å². The van der Waals surface area contributed by atoms with Gasteiger partial charge in [0.25, 0.3) is 0 Å². The number of carbonyl (C=O) groups is 1. The van der Waals surface area contributed by atoms with Gasteiger partial charge in [-0.1, -0.05) is 17.2 Å². The van der Waals surface area contributed by atoms with Crippen LogP contribution in [-0.4, -0.2) is 73.7 Å². The zero-order chi connectivity index (χ0) is 25.3. The van der Waals surface area contributed by atoms with Gasteiger partial charge in [-0.15, -0.1) is 0 Å². The quantitative estimate of drug-likeness (QED) is 0.220. The molecule has 1 N–H and O–H groups in total. The van der Waals surface area contributed by atoms with Crippen LogP contribution in [0, 0.1) is 0 Å². The van der Waals surface area contributed by atoms with Gasteiger partial charge >= 0.3 is 5.97 Å². The summed E-state index contributed by atoms with van der Waals surface area (Å²) >= 11 is 0. The monoisotopic (exact) mass is 481 g/mol. The summed E-state index contributed by atoms with van der Waals surface area (Å²) in [4.78, 5) is 15.0. The van der Waals surface area contributed by atoms with Crippen molar-refractivity contribution in [1.82, 2.24) is 0 Å². The maximum Gasteiger partial charge on any atom is 0.332 e. The molecular formula is C23H35N3O8. The highest BCUT2D eigenvalue weighted by Gasteiger charge is 2.47. The highest BCUT2D eigenvalue weighted by molar-refractivity contribution is 5.71. The molecule has 1 aromatic carbocycles. The van der Waals surface area contributed by atoms with Gasteiger partial charge in [0, 0.05) is 4.91 Å². The molecule has 1 aliphatic rings. The fourth-order valence-corrected chi connectivity index (χ4v) is 3.35. The number of aliphatic hydroxyl groups is 1. The average molecular weight is 482 g/mol. The van der Waals surface area contributed by atoms with E-state index in [0.29, 0.717) is 0 Å². The molecular weight excluding hydrogens is 446 g/mol. The van der Waals surface area contributed by atoms with Gasteiger partial charge in [0.2, 0.25) is 0 Å². The van der Waals surface area contributed by atoms with Crippen LogP contribution in [0.5, 0.6) is 5.75 Å². The third-order valence-electron chi connectivity index (χ3n) is 4.76. The molecule has 0 radical (unpaired) electrons. The van der Waals surface area contributed by atoms with E-state index in [0.717, 1.165) is 11.3 Å². The number of carbonyl (C=O) groups excluding carboxylic acids is 1. The Balaban J connectivity index is 2.10. The molecule has 1 saturated heterocycles. The number of hydrogen-bond donors (Lipinski definition) is 1. The van der Waals surface area contributed by atoms with Crippen molar-refractivity contribution in [3.05, 3.63) is 40.3 Å². The third kappa shape index (κ3) is 8.75. The molecule has 1 fully saturated rings. The van der Waals surface area contributed by atoms with Crippen LogP contribution in [-0.2, 0) is 35.1 Å². The Hall–Kier alpha value is -2.40. The van der Waals surface area contributed by atoms with Crippen molar-refractivity contribution in [2.45, 2.75) is 83.6 Å². The zero-order valence-corrected chi connectivity index (χ0v) is 20.5. The van der Waals surface area contributed by atoms with Crippen molar-refractivity contribution in [1.29, 1.82) is 0 Å². The second-order valence-electron chi connectivity index (χ2n) is 9.14. The number of methoxy groups -OCH3 is 1. The number of aliphatic hydroxyl groups excluding tert-OH is 1. The smallest absolute Gasteiger partial charge is 0.332 e. The largest absolute Gasteiger partial charge is 0.497 e. The molecule has 190 valence electrons. The number of hydrogen-bond acceptors (Lipinski definition) is 9. The minimum atomic E-state index is -1.25. The lowest BCUT2D eigenvalue weighted by Gasteiger charge is -2.43. The SMILES string of the molecule is COc1ccc(COCC2O[C@@H](OC(C)C)C(N=[N+]=[N-])[C@@H](OCC(=O)OC(C)(C)C)[C@H]2O)cc1. The van der Waals surface area contributed by atoms with Crippen LogP contribution in [0.4, 0.5) is 0 Å². The van der Waals surface area contributed by atoms with Crippen molar-refractivity contribution in [3.8, 4) is 5.75 Å². The average Bonchev–Trinajstić information content (AvgIpc) is 2.75. The summed E-state index contributed by atoms with van der Waals surface area (Å²) in [5.74, 6) is 0.122. The van der Waals surface area contributed by atoms with E-state index in [4.69, 9.17) is 34.0 Å². The van der Waals surface area contributed by atoms with E-state index in [1.165, 1.54) is 0 Å². The van der Waals surface area contributed by atoms with E-state index in [2.05, 4.69) is 10.0 Å². The lowest BCUT2D eigenvalue weighted by molar-refractivity contribution is -0.283. The summed E-state index contributed by atoms with van der Waals surface area (Å²) in [7, 11) is 1.59. The highest BCUT2D eigenvalue weighted by atomic mass is 16.7. The van der Waals surface area contributed by atoms with Crippen molar-refractivity contribution in [3.63, 3.8) is 0 Å². The van der Waals surface area contributed by atoms with E-state index < -0.39 is 48.8 Å². The Morgan fingerprint density at radius 1 is 1.26 bits per heavy atom. The predicted octanol–water partition coefficient (Wildman–Crippen LogP) is 3.13. The number of ether oxygens (including phenoxy) is 6. The third-order valence-corrected chi connectivity index (χ3v) is 4.76. The molecule has 2 unspecified atom stereocenters. The van der Waals surface area contributed by atoms with Crippen LogP contribution >= 0.6 is 0 Å². The molecule has 0 spiro atoms. The summed E-state index contributed by atoms with van der Waals surface area (Å²) in [5.41, 5.74) is 9.27. The van der Waals surface area contributed by atoms with E-state index in [9.17, 15) is 9.90 Å². The first-order valence-electron chi connectivity index (χ1n) is 11.1. The molecule has 0 saturated carbocycles. The fraction of sp³-hybridized carbons (Fsp3) is 0.696. The standard InChI is InChI=1S/C23H35N3O8/c1-14(2)32-22-19(25-26-24)21(31-13-18(27)34-23(3,4)5)20(28)17(33-22)12-30-11-15-7-9-16(29-6)10-8-15/h7-10,14,17,19-22,28H,11-13H2,1-6H3/t17?,19?,20-,21+,22+/m0/s1. The van der Waals surface area contributed by atoms with Gasteiger partial charge in [0.1, 0.15) is 42.3 Å². The van der Waals surface area contributed by atoms with Gasteiger partial charge in [-0.3, -0.25) is 0 Å². The van der Waals surface area contributed by atoms with Gasteiger partial charge < -0.3 is 33.5 Å². The van der Waals surface area contributed by atoms with Crippen LogP contribution in [0.25, 0.3) is 10.4 Å². The second kappa shape index (κ2) is 12.9. The van der Waals surface area contributed by atoms with Crippen molar-refractivity contribution >= 4 is 5.97 Å². The summed E-state index contributed by atoms with van der Waals surface area (Å²) in [6.45, 7) is 8.65. The molecule has 1 heterocycles. The Morgan fingerprint density at radius 3 is 2.50 bits per heavy atom. The summed E-state index contributed by atoms with van der Waals surface area (Å²) < 4.78 is 33.5. The van der Waals surface area contributed by atoms with Gasteiger partial charge in [-0.05, 0) is 57.8 Å². The molecule has 1 aliphatic heterocycles. The lowest BCUT2D eigenvalue weighted by atomic mass is 9.97. The predicted molar refractivity (Wildman–Crippen MR) is 122 cm³/mol. The Kier molecular flexibility index (Phi) is 10.6. The molecule has 2 rings (SSSR count). The van der Waals surface area contributed by atoms with Crippen LogP contribution in [0.2, 0.25) is 0 Å². The first-order valence-corrected chi connectivity index (χ1v) is 11.1. The van der Waals surface area contributed by atoms with Crippen molar-refractivity contribution < 1.29 is 38.3 Å². The first kappa shape index (κ1) is 27.8. The maximum atomic E-state index is 12.2. The number of benzene rings is 1. The zero-order valence-electron chi connectivity index (χ0n) is 20.5. The topological polar surface area (TPSA) is 141 Å². The Morgan fingerprint density at radius 2 is 1.94 bits per heavy atom. The lowest BCUT2D eigenvalue weighted by Crippen LogP contribution is -2.60. The molecule has 11 nitrogen and oxygen atoms in total. The molecule has 1 aromatic rings. The van der Waals surface area contributed by atoms with Gasteiger partial charge in [-0.2, -0.15) is 0 Å². The van der Waals surface area contributed by atoms with E-state index in [1.54, 1.807) is 41.7 Å². The highest BCUT2D eigenvalue weighted by Crippen LogP contribution is 2.28. The van der Waals surface area contributed by atoms with E-state index >= 15 is 0 Å². The molecule has 0 aliphatic carbocycles. The van der Waals surface area contributed by atoms with E-state index in [-0.39, 0.29) is 19.3 Å². The molecule has 34 heavy (non-hydrogen) atoms. The van der Waals surface area contributed by atoms with Gasteiger partial charge in [0.05, 0.1) is 26.4 Å².